The van der Waals surface area contributed by atoms with Crippen LogP contribution in [-0.2, 0) is 11.3 Å². The molecule has 0 unspecified atom stereocenters. The van der Waals surface area contributed by atoms with E-state index in [4.69, 9.17) is 0 Å². The first-order valence-electron chi connectivity index (χ1n) is 9.00. The van der Waals surface area contributed by atoms with E-state index >= 15 is 0 Å². The molecule has 0 saturated carbocycles. The van der Waals surface area contributed by atoms with E-state index in [-0.39, 0.29) is 18.4 Å². The van der Waals surface area contributed by atoms with Crippen LogP contribution in [0.15, 0.2) is 79.1 Å². The van der Waals surface area contributed by atoms with Crippen LogP contribution in [0.2, 0.25) is 0 Å². The van der Waals surface area contributed by atoms with Crippen LogP contribution in [0, 0.1) is 6.92 Å². The molecule has 0 aliphatic rings. The maximum absolute atomic E-state index is 12.6. The van der Waals surface area contributed by atoms with Gasteiger partial charge in [0, 0.05) is 23.6 Å². The lowest BCUT2D eigenvalue weighted by atomic mass is 10.1. The third-order valence-electron chi connectivity index (χ3n) is 4.67. The molecule has 0 atom stereocenters. The molecule has 6 heteroatoms. The Labute approximate surface area is 162 Å². The van der Waals surface area contributed by atoms with E-state index in [0.717, 1.165) is 22.3 Å². The first-order valence-corrected chi connectivity index (χ1v) is 9.00. The fraction of sp³-hybridized carbons (Fsp3) is 0.0909. The van der Waals surface area contributed by atoms with Gasteiger partial charge in [-0.15, -0.1) is 0 Å². The van der Waals surface area contributed by atoms with E-state index in [2.05, 4.69) is 10.9 Å². The van der Waals surface area contributed by atoms with Crippen molar-refractivity contribution < 1.29 is 9.59 Å². The van der Waals surface area contributed by atoms with Crippen molar-refractivity contribution in [2.45, 2.75) is 13.5 Å². The normalized spacial score (nSPS) is 10.8. The summed E-state index contributed by atoms with van der Waals surface area (Å²) < 4.78 is 3.77. The summed E-state index contributed by atoms with van der Waals surface area (Å²) in [5.41, 5.74) is 8.22. The molecule has 2 aromatic carbocycles. The van der Waals surface area contributed by atoms with Gasteiger partial charge in [-0.25, -0.2) is 0 Å². The zero-order valence-corrected chi connectivity index (χ0v) is 15.4. The summed E-state index contributed by atoms with van der Waals surface area (Å²) in [5, 5.41) is 1.08. The molecular weight excluding hydrogens is 352 g/mol. The SMILES string of the molecule is Cc1cc2ccccc2n1CC(=O)NNC(=O)c1ccccc1-n1cccc1. The predicted molar refractivity (Wildman–Crippen MR) is 108 cm³/mol. The van der Waals surface area contributed by atoms with Crippen molar-refractivity contribution in [1.82, 2.24) is 20.0 Å². The summed E-state index contributed by atoms with van der Waals surface area (Å²) in [7, 11) is 0. The summed E-state index contributed by atoms with van der Waals surface area (Å²) in [6.45, 7) is 2.08. The van der Waals surface area contributed by atoms with Gasteiger partial charge in [0.1, 0.15) is 6.54 Å². The van der Waals surface area contributed by atoms with Crippen LogP contribution in [0.25, 0.3) is 16.6 Å². The highest BCUT2D eigenvalue weighted by molar-refractivity contribution is 5.98. The Balaban J connectivity index is 1.46. The lowest BCUT2D eigenvalue weighted by Gasteiger charge is -2.13. The fourth-order valence-corrected chi connectivity index (χ4v) is 3.32. The minimum Gasteiger partial charge on any atom is -0.335 e. The van der Waals surface area contributed by atoms with Gasteiger partial charge in [-0.1, -0.05) is 30.3 Å². The van der Waals surface area contributed by atoms with E-state index in [1.807, 2.05) is 83.0 Å². The Morgan fingerprint density at radius 3 is 2.43 bits per heavy atom. The van der Waals surface area contributed by atoms with E-state index in [1.165, 1.54) is 0 Å². The van der Waals surface area contributed by atoms with Gasteiger partial charge in [-0.3, -0.25) is 20.4 Å². The Kier molecular flexibility index (Phi) is 4.68. The number of hydrogen-bond donors (Lipinski definition) is 2. The van der Waals surface area contributed by atoms with Gasteiger partial charge in [-0.05, 0) is 48.7 Å². The number of fused-ring (bicyclic) bond motifs is 1. The summed E-state index contributed by atoms with van der Waals surface area (Å²) in [5.74, 6) is -0.664. The number of hydrazine groups is 1. The maximum Gasteiger partial charge on any atom is 0.271 e. The average Bonchev–Trinajstić information content (AvgIpc) is 3.35. The number of rotatable bonds is 4. The van der Waals surface area contributed by atoms with Crippen LogP contribution in [0.3, 0.4) is 0 Å². The Morgan fingerprint density at radius 2 is 1.61 bits per heavy atom. The van der Waals surface area contributed by atoms with Gasteiger partial charge >= 0.3 is 0 Å². The number of benzene rings is 2. The quantitative estimate of drug-likeness (QED) is 0.540. The molecule has 0 saturated heterocycles. The summed E-state index contributed by atoms with van der Waals surface area (Å²) in [6.07, 6.45) is 3.73. The predicted octanol–water partition coefficient (Wildman–Crippen LogP) is 3.20. The van der Waals surface area contributed by atoms with Crippen molar-refractivity contribution in [2.24, 2.45) is 0 Å². The minimum atomic E-state index is -0.369. The van der Waals surface area contributed by atoms with Crippen molar-refractivity contribution in [3.8, 4) is 5.69 Å². The highest BCUT2D eigenvalue weighted by atomic mass is 16.2. The van der Waals surface area contributed by atoms with E-state index < -0.39 is 0 Å². The number of carbonyl (C=O) groups is 2. The highest BCUT2D eigenvalue weighted by Gasteiger charge is 2.14. The summed E-state index contributed by atoms with van der Waals surface area (Å²) in [4.78, 5) is 25.0. The number of nitrogens with one attached hydrogen (secondary N) is 2. The second kappa shape index (κ2) is 7.44. The molecule has 140 valence electrons. The van der Waals surface area contributed by atoms with Crippen molar-refractivity contribution in [3.63, 3.8) is 0 Å². The van der Waals surface area contributed by atoms with Gasteiger partial charge in [0.25, 0.3) is 11.8 Å². The first kappa shape index (κ1) is 17.6. The first-order chi connectivity index (χ1) is 13.6. The summed E-state index contributed by atoms with van der Waals surface area (Å²) in [6, 6.07) is 20.9. The monoisotopic (exact) mass is 372 g/mol. The number of hydrogen-bond acceptors (Lipinski definition) is 2. The maximum atomic E-state index is 12.6. The third kappa shape index (κ3) is 3.40. The molecule has 0 aliphatic carbocycles. The number of aryl methyl sites for hydroxylation is 1. The zero-order chi connectivity index (χ0) is 19.5. The number of nitrogens with zero attached hydrogens (tertiary/aromatic N) is 2. The smallest absolute Gasteiger partial charge is 0.271 e. The molecule has 28 heavy (non-hydrogen) atoms. The second-order valence-electron chi connectivity index (χ2n) is 6.54. The van der Waals surface area contributed by atoms with Crippen molar-refractivity contribution in [3.05, 3.63) is 90.4 Å². The van der Waals surface area contributed by atoms with Gasteiger partial charge in [-0.2, -0.15) is 0 Å². The van der Waals surface area contributed by atoms with E-state index in [1.54, 1.807) is 12.1 Å². The molecule has 0 spiro atoms. The molecule has 4 aromatic rings. The molecule has 0 radical (unpaired) electrons. The Hall–Kier alpha value is -3.80. The minimum absolute atomic E-state index is 0.124. The second-order valence-corrected chi connectivity index (χ2v) is 6.54. The zero-order valence-electron chi connectivity index (χ0n) is 15.4. The van der Waals surface area contributed by atoms with Crippen molar-refractivity contribution in [1.29, 1.82) is 0 Å². The van der Waals surface area contributed by atoms with Crippen molar-refractivity contribution in [2.75, 3.05) is 0 Å². The number of aromatic nitrogens is 2. The van der Waals surface area contributed by atoms with E-state index in [9.17, 15) is 9.59 Å². The Morgan fingerprint density at radius 1 is 0.893 bits per heavy atom. The average molecular weight is 372 g/mol. The molecule has 6 nitrogen and oxygen atoms in total. The van der Waals surface area contributed by atoms with Gasteiger partial charge < -0.3 is 9.13 Å². The van der Waals surface area contributed by atoms with E-state index in [0.29, 0.717) is 5.56 Å². The number of carbonyl (C=O) groups excluding carboxylic acids is 2. The lowest BCUT2D eigenvalue weighted by molar-refractivity contribution is -0.122. The molecule has 0 aliphatic heterocycles. The third-order valence-corrected chi connectivity index (χ3v) is 4.67. The van der Waals surface area contributed by atoms with Gasteiger partial charge in [0.15, 0.2) is 0 Å². The molecule has 0 bridgehead atoms. The van der Waals surface area contributed by atoms with Crippen LogP contribution in [-0.4, -0.2) is 20.9 Å². The fourth-order valence-electron chi connectivity index (χ4n) is 3.32. The molecular formula is C22H20N4O2. The largest absolute Gasteiger partial charge is 0.335 e. The molecule has 2 amide bonds. The molecule has 2 aromatic heterocycles. The van der Waals surface area contributed by atoms with Crippen LogP contribution >= 0.6 is 0 Å². The molecule has 2 heterocycles. The standard InChI is InChI=1S/C22H20N4O2/c1-16-14-17-8-2-4-10-19(17)26(16)15-21(27)23-24-22(28)18-9-3-5-11-20(18)25-12-6-7-13-25/h2-14H,15H2,1H3,(H,23,27)(H,24,28). The van der Waals surface area contributed by atoms with Crippen LogP contribution < -0.4 is 10.9 Å². The van der Waals surface area contributed by atoms with Gasteiger partial charge in [0.05, 0.1) is 11.3 Å². The van der Waals surface area contributed by atoms with Crippen LogP contribution in [0.1, 0.15) is 16.1 Å². The summed E-state index contributed by atoms with van der Waals surface area (Å²) >= 11 is 0. The number of para-hydroxylation sites is 2. The van der Waals surface area contributed by atoms with Crippen molar-refractivity contribution >= 4 is 22.7 Å². The van der Waals surface area contributed by atoms with Gasteiger partial charge in [0.2, 0.25) is 0 Å². The molecule has 0 fully saturated rings. The van der Waals surface area contributed by atoms with Crippen LogP contribution in [0.4, 0.5) is 0 Å². The molecule has 2 N–H and O–H groups in total. The highest BCUT2D eigenvalue weighted by Crippen LogP contribution is 2.19. The topological polar surface area (TPSA) is 68.1 Å². The van der Waals surface area contributed by atoms with Crippen LogP contribution in [0.5, 0.6) is 0 Å². The lowest BCUT2D eigenvalue weighted by Crippen LogP contribution is -2.43. The number of amides is 2. The molecule has 4 rings (SSSR count). The Bertz CT molecular complexity index is 1140.